The minimum Gasteiger partial charge on any atom is -0.493 e. The summed E-state index contributed by atoms with van der Waals surface area (Å²) in [6.45, 7) is 5.65. The van der Waals surface area contributed by atoms with Crippen molar-refractivity contribution in [3.8, 4) is 11.5 Å². The summed E-state index contributed by atoms with van der Waals surface area (Å²) in [5.74, 6) is 0.706. The van der Waals surface area contributed by atoms with Crippen LogP contribution in [-0.2, 0) is 4.79 Å². The lowest BCUT2D eigenvalue weighted by molar-refractivity contribution is -0.119. The van der Waals surface area contributed by atoms with Gasteiger partial charge in [-0.3, -0.25) is 9.59 Å². The molecule has 7 nitrogen and oxygen atoms in total. The Morgan fingerprint density at radius 1 is 1.07 bits per heavy atom. The van der Waals surface area contributed by atoms with Gasteiger partial charge in [-0.15, -0.1) is 0 Å². The summed E-state index contributed by atoms with van der Waals surface area (Å²) in [6.07, 6.45) is 3.89. The molecule has 2 heterocycles. The summed E-state index contributed by atoms with van der Waals surface area (Å²) in [7, 11) is 3.08. The molecule has 0 bridgehead atoms. The van der Waals surface area contributed by atoms with Crippen LogP contribution in [-0.4, -0.2) is 56.1 Å². The summed E-state index contributed by atoms with van der Waals surface area (Å²) >= 11 is 0. The van der Waals surface area contributed by atoms with Gasteiger partial charge in [0.25, 0.3) is 5.91 Å². The molecule has 2 aliphatic heterocycles. The van der Waals surface area contributed by atoms with Gasteiger partial charge in [-0.1, -0.05) is 0 Å². The van der Waals surface area contributed by atoms with Crippen molar-refractivity contribution in [1.29, 1.82) is 0 Å². The van der Waals surface area contributed by atoms with Crippen LogP contribution < -0.4 is 20.1 Å². The highest BCUT2D eigenvalue weighted by atomic mass is 16.5. The van der Waals surface area contributed by atoms with Crippen molar-refractivity contribution in [3.05, 3.63) is 17.7 Å². The number of nitrogens with zero attached hydrogens (tertiary/aromatic N) is 1. The SMILES string of the molecule is COc1cc(NC(=O)C2CCNC2)c(C(=O)N2C(C)CCCC2C)cc1OC. The second-order valence-electron chi connectivity index (χ2n) is 7.77. The zero-order chi connectivity index (χ0) is 20.3. The molecule has 1 aromatic rings. The van der Waals surface area contributed by atoms with Gasteiger partial charge in [0.1, 0.15) is 0 Å². The van der Waals surface area contributed by atoms with Crippen molar-refractivity contribution in [2.45, 2.75) is 51.6 Å². The van der Waals surface area contributed by atoms with Crippen molar-refractivity contribution in [1.82, 2.24) is 10.2 Å². The first-order valence-corrected chi connectivity index (χ1v) is 10.1. The number of nitrogens with one attached hydrogen (secondary N) is 2. The fourth-order valence-corrected chi connectivity index (χ4v) is 4.23. The van der Waals surface area contributed by atoms with Crippen LogP contribution in [0.5, 0.6) is 11.5 Å². The number of likely N-dealkylation sites (tertiary alicyclic amines) is 1. The Labute approximate surface area is 166 Å². The van der Waals surface area contributed by atoms with E-state index in [1.54, 1.807) is 26.4 Å². The number of ether oxygens (including phenoxy) is 2. The molecule has 28 heavy (non-hydrogen) atoms. The van der Waals surface area contributed by atoms with E-state index in [4.69, 9.17) is 9.47 Å². The number of anilines is 1. The van der Waals surface area contributed by atoms with Gasteiger partial charge in [-0.2, -0.15) is 0 Å². The molecular weight excluding hydrogens is 358 g/mol. The number of amides is 2. The predicted molar refractivity (Wildman–Crippen MR) is 108 cm³/mol. The molecule has 0 saturated carbocycles. The maximum absolute atomic E-state index is 13.5. The number of carbonyl (C=O) groups excluding carboxylic acids is 2. The average molecular weight is 389 g/mol. The lowest BCUT2D eigenvalue weighted by atomic mass is 9.96. The van der Waals surface area contributed by atoms with E-state index in [-0.39, 0.29) is 29.8 Å². The Bertz CT molecular complexity index is 721. The molecule has 2 N–H and O–H groups in total. The molecule has 2 amide bonds. The van der Waals surface area contributed by atoms with Crippen LogP contribution in [0.1, 0.15) is 49.9 Å². The second-order valence-corrected chi connectivity index (χ2v) is 7.77. The monoisotopic (exact) mass is 389 g/mol. The normalized spacial score (nSPS) is 24.7. The highest BCUT2D eigenvalue weighted by Gasteiger charge is 2.32. The van der Waals surface area contributed by atoms with E-state index < -0.39 is 0 Å². The van der Waals surface area contributed by atoms with Gasteiger partial charge >= 0.3 is 0 Å². The van der Waals surface area contributed by atoms with Crippen molar-refractivity contribution >= 4 is 17.5 Å². The van der Waals surface area contributed by atoms with Gasteiger partial charge in [0, 0.05) is 24.7 Å². The number of methoxy groups -OCH3 is 2. The van der Waals surface area contributed by atoms with E-state index in [9.17, 15) is 9.59 Å². The van der Waals surface area contributed by atoms with Gasteiger partial charge in [0.15, 0.2) is 11.5 Å². The first kappa shape index (κ1) is 20.5. The average Bonchev–Trinajstić information content (AvgIpc) is 3.22. The van der Waals surface area contributed by atoms with Crippen LogP contribution in [0.25, 0.3) is 0 Å². The fourth-order valence-electron chi connectivity index (χ4n) is 4.23. The van der Waals surface area contributed by atoms with Gasteiger partial charge in [-0.05, 0) is 52.1 Å². The molecule has 2 fully saturated rings. The summed E-state index contributed by atoms with van der Waals surface area (Å²) in [6, 6.07) is 3.68. The third-order valence-electron chi connectivity index (χ3n) is 5.87. The Morgan fingerprint density at radius 2 is 1.71 bits per heavy atom. The van der Waals surface area contributed by atoms with Crippen LogP contribution in [0, 0.1) is 5.92 Å². The van der Waals surface area contributed by atoms with Crippen molar-refractivity contribution in [2.24, 2.45) is 5.92 Å². The fraction of sp³-hybridized carbons (Fsp3) is 0.619. The summed E-state index contributed by atoms with van der Waals surface area (Å²) in [4.78, 5) is 28.1. The molecule has 7 heteroatoms. The molecule has 2 saturated heterocycles. The van der Waals surface area contributed by atoms with E-state index in [2.05, 4.69) is 24.5 Å². The molecule has 1 aromatic carbocycles. The Morgan fingerprint density at radius 3 is 2.29 bits per heavy atom. The van der Waals surface area contributed by atoms with Crippen molar-refractivity contribution in [3.63, 3.8) is 0 Å². The molecular formula is C21H31N3O4. The van der Waals surface area contributed by atoms with E-state index in [0.29, 0.717) is 29.3 Å². The molecule has 3 unspecified atom stereocenters. The van der Waals surface area contributed by atoms with Crippen molar-refractivity contribution in [2.75, 3.05) is 32.6 Å². The molecule has 3 atom stereocenters. The summed E-state index contributed by atoms with van der Waals surface area (Å²) in [5.41, 5.74) is 0.919. The maximum Gasteiger partial charge on any atom is 0.256 e. The molecule has 0 aromatic heterocycles. The first-order valence-electron chi connectivity index (χ1n) is 10.1. The van der Waals surface area contributed by atoms with Crippen LogP contribution in [0.2, 0.25) is 0 Å². The first-order chi connectivity index (χ1) is 13.5. The molecule has 0 radical (unpaired) electrons. The zero-order valence-electron chi connectivity index (χ0n) is 17.2. The molecule has 3 rings (SSSR count). The zero-order valence-corrected chi connectivity index (χ0v) is 17.2. The summed E-state index contributed by atoms with van der Waals surface area (Å²) in [5, 5.41) is 6.17. The third kappa shape index (κ3) is 4.09. The number of rotatable bonds is 5. The maximum atomic E-state index is 13.5. The van der Waals surface area contributed by atoms with Crippen LogP contribution >= 0.6 is 0 Å². The second kappa shape index (κ2) is 8.82. The van der Waals surface area contributed by atoms with Gasteiger partial charge < -0.3 is 25.0 Å². The van der Waals surface area contributed by atoms with Crippen LogP contribution in [0.15, 0.2) is 12.1 Å². The number of piperidine rings is 1. The highest BCUT2D eigenvalue weighted by Crippen LogP contribution is 2.36. The predicted octanol–water partition coefficient (Wildman–Crippen LogP) is 2.65. The molecule has 154 valence electrons. The highest BCUT2D eigenvalue weighted by molar-refractivity contribution is 6.05. The topological polar surface area (TPSA) is 79.9 Å². The third-order valence-corrected chi connectivity index (χ3v) is 5.87. The lowest BCUT2D eigenvalue weighted by Gasteiger charge is -2.39. The van der Waals surface area contributed by atoms with Gasteiger partial charge in [-0.25, -0.2) is 0 Å². The number of hydrogen-bond acceptors (Lipinski definition) is 5. The minimum atomic E-state index is -0.0936. The van der Waals surface area contributed by atoms with Crippen molar-refractivity contribution < 1.29 is 19.1 Å². The van der Waals surface area contributed by atoms with Crippen LogP contribution in [0.3, 0.4) is 0 Å². The van der Waals surface area contributed by atoms with Crippen LogP contribution in [0.4, 0.5) is 5.69 Å². The van der Waals surface area contributed by atoms with E-state index in [1.807, 2.05) is 4.90 Å². The van der Waals surface area contributed by atoms with E-state index >= 15 is 0 Å². The Balaban J connectivity index is 1.97. The summed E-state index contributed by atoms with van der Waals surface area (Å²) < 4.78 is 10.8. The number of hydrogen-bond donors (Lipinski definition) is 2. The Hall–Kier alpha value is -2.28. The number of carbonyl (C=O) groups is 2. The van der Waals surface area contributed by atoms with E-state index in [0.717, 1.165) is 32.2 Å². The van der Waals surface area contributed by atoms with Gasteiger partial charge in [0.2, 0.25) is 5.91 Å². The molecule has 0 aliphatic carbocycles. The molecule has 0 spiro atoms. The molecule has 2 aliphatic rings. The quantitative estimate of drug-likeness (QED) is 0.809. The smallest absolute Gasteiger partial charge is 0.256 e. The van der Waals surface area contributed by atoms with Gasteiger partial charge in [0.05, 0.1) is 31.4 Å². The largest absolute Gasteiger partial charge is 0.493 e. The lowest BCUT2D eigenvalue weighted by Crippen LogP contribution is -2.47. The van der Waals surface area contributed by atoms with E-state index in [1.165, 1.54) is 0 Å². The number of benzene rings is 1. The Kier molecular flexibility index (Phi) is 6.44. The standard InChI is InChI=1S/C21H31N3O4/c1-13-6-5-7-14(2)24(13)21(26)16-10-18(27-3)19(28-4)11-17(16)23-20(25)15-8-9-22-12-15/h10-11,13-15,22H,5-9,12H2,1-4H3,(H,23,25). The minimum absolute atomic E-state index is 0.0778.